The molecule has 3 N–H and O–H groups in total. The number of carbonyl (C=O) groups is 1. The van der Waals surface area contributed by atoms with Crippen LogP contribution in [0.3, 0.4) is 0 Å². The molecule has 1 atom stereocenters. The van der Waals surface area contributed by atoms with Gasteiger partial charge >= 0.3 is 6.03 Å². The molecule has 120 valence electrons. The lowest BCUT2D eigenvalue weighted by atomic mass is 10.2. The van der Waals surface area contributed by atoms with Crippen molar-refractivity contribution in [3.63, 3.8) is 0 Å². The maximum Gasteiger partial charge on any atom is 0.339 e. The molecule has 0 spiro atoms. The largest absolute Gasteiger partial charge is 0.450 e. The number of amides is 2. The standard InChI is InChI=1S/C16H15FN2O3S/c17-11-2-5-13(6-3-11)23-15-8-7-14(22-15)10-1-4-12(9-10)19(21)16(18)20/h2-3,5-9,12,21H,1,4H2,(H2,18,20). The highest BCUT2D eigenvalue weighted by molar-refractivity contribution is 7.99. The Bertz CT molecular complexity index is 742. The first-order chi connectivity index (χ1) is 11.0. The summed E-state index contributed by atoms with van der Waals surface area (Å²) in [5.41, 5.74) is 5.97. The molecule has 1 aromatic heterocycles. The van der Waals surface area contributed by atoms with E-state index in [1.807, 2.05) is 12.1 Å². The molecule has 0 aliphatic heterocycles. The van der Waals surface area contributed by atoms with Crippen LogP contribution in [0.1, 0.15) is 18.6 Å². The Kier molecular flexibility index (Phi) is 4.40. The van der Waals surface area contributed by atoms with Crippen LogP contribution in [0.2, 0.25) is 0 Å². The third-order valence-electron chi connectivity index (χ3n) is 3.57. The van der Waals surface area contributed by atoms with Gasteiger partial charge in [0, 0.05) is 4.90 Å². The summed E-state index contributed by atoms with van der Waals surface area (Å²) in [4.78, 5) is 11.9. The smallest absolute Gasteiger partial charge is 0.339 e. The fraction of sp³-hybridized carbons (Fsp3) is 0.188. The summed E-state index contributed by atoms with van der Waals surface area (Å²) < 4.78 is 18.7. The number of benzene rings is 1. The van der Waals surface area contributed by atoms with Crippen LogP contribution in [0, 0.1) is 5.82 Å². The lowest BCUT2D eigenvalue weighted by molar-refractivity contribution is -0.0608. The van der Waals surface area contributed by atoms with Crippen LogP contribution in [0.25, 0.3) is 5.57 Å². The molecule has 0 saturated heterocycles. The minimum absolute atomic E-state index is 0.278. The average Bonchev–Trinajstić information content (AvgIpc) is 3.17. The Morgan fingerprint density at radius 2 is 2.04 bits per heavy atom. The molecule has 2 amide bonds. The number of rotatable bonds is 4. The van der Waals surface area contributed by atoms with E-state index in [4.69, 9.17) is 10.2 Å². The van der Waals surface area contributed by atoms with Gasteiger partial charge in [0.05, 0.1) is 6.04 Å². The fourth-order valence-corrected chi connectivity index (χ4v) is 3.20. The Morgan fingerprint density at radius 1 is 1.30 bits per heavy atom. The van der Waals surface area contributed by atoms with E-state index in [2.05, 4.69) is 0 Å². The molecule has 23 heavy (non-hydrogen) atoms. The summed E-state index contributed by atoms with van der Waals surface area (Å²) in [6, 6.07) is 8.54. The second-order valence-corrected chi connectivity index (χ2v) is 6.23. The number of urea groups is 1. The number of allylic oxidation sites excluding steroid dienone is 1. The van der Waals surface area contributed by atoms with E-state index >= 15 is 0 Å². The highest BCUT2D eigenvalue weighted by atomic mass is 32.2. The van der Waals surface area contributed by atoms with Gasteiger partial charge < -0.3 is 10.2 Å². The van der Waals surface area contributed by atoms with Crippen molar-refractivity contribution in [2.45, 2.75) is 28.9 Å². The molecule has 2 aromatic rings. The van der Waals surface area contributed by atoms with E-state index in [0.29, 0.717) is 28.8 Å². The Balaban J connectivity index is 1.71. The zero-order valence-corrected chi connectivity index (χ0v) is 12.9. The van der Waals surface area contributed by atoms with Crippen LogP contribution >= 0.6 is 11.8 Å². The molecule has 0 bridgehead atoms. The number of halogens is 1. The third kappa shape index (κ3) is 3.57. The molecular formula is C16H15FN2O3S. The topological polar surface area (TPSA) is 79.7 Å². The number of carbonyl (C=O) groups excluding carboxylic acids is 1. The van der Waals surface area contributed by atoms with Crippen LogP contribution in [0.5, 0.6) is 0 Å². The van der Waals surface area contributed by atoms with Crippen molar-refractivity contribution in [2.75, 3.05) is 0 Å². The molecule has 3 rings (SSSR count). The predicted molar refractivity (Wildman–Crippen MR) is 83.4 cm³/mol. The zero-order chi connectivity index (χ0) is 16.4. The van der Waals surface area contributed by atoms with Gasteiger partial charge in [0.25, 0.3) is 0 Å². The second kappa shape index (κ2) is 6.47. The van der Waals surface area contributed by atoms with E-state index in [1.54, 1.807) is 18.2 Å². The normalized spacial score (nSPS) is 17.1. The Labute approximate surface area is 136 Å². The molecule has 1 heterocycles. The van der Waals surface area contributed by atoms with Gasteiger partial charge in [0.15, 0.2) is 5.09 Å². The van der Waals surface area contributed by atoms with Gasteiger partial charge in [-0.3, -0.25) is 5.21 Å². The minimum atomic E-state index is -0.875. The van der Waals surface area contributed by atoms with Gasteiger partial charge in [0.1, 0.15) is 11.6 Å². The fourth-order valence-electron chi connectivity index (χ4n) is 2.43. The van der Waals surface area contributed by atoms with E-state index in [0.717, 1.165) is 10.5 Å². The average molecular weight is 334 g/mol. The van der Waals surface area contributed by atoms with Crippen LogP contribution in [0.15, 0.2) is 56.9 Å². The monoisotopic (exact) mass is 334 g/mol. The molecule has 5 nitrogen and oxygen atoms in total. The van der Waals surface area contributed by atoms with Gasteiger partial charge in [-0.1, -0.05) is 17.8 Å². The van der Waals surface area contributed by atoms with Gasteiger partial charge in [-0.15, -0.1) is 0 Å². The molecular weight excluding hydrogens is 319 g/mol. The summed E-state index contributed by atoms with van der Waals surface area (Å²) >= 11 is 1.39. The molecule has 0 radical (unpaired) electrons. The Morgan fingerprint density at radius 3 is 2.74 bits per heavy atom. The Hall–Kier alpha value is -2.25. The van der Waals surface area contributed by atoms with Gasteiger partial charge in [-0.05, 0) is 54.8 Å². The number of hydrogen-bond acceptors (Lipinski definition) is 4. The highest BCUT2D eigenvalue weighted by Crippen LogP contribution is 2.35. The molecule has 0 fully saturated rings. The van der Waals surface area contributed by atoms with Gasteiger partial charge in [0.2, 0.25) is 0 Å². The first-order valence-electron chi connectivity index (χ1n) is 7.05. The second-order valence-electron chi connectivity index (χ2n) is 5.16. The summed E-state index contributed by atoms with van der Waals surface area (Å²) in [6.07, 6.45) is 3.05. The molecule has 7 heteroatoms. The van der Waals surface area contributed by atoms with E-state index in [9.17, 15) is 14.4 Å². The summed E-state index contributed by atoms with van der Waals surface area (Å²) in [6.45, 7) is 0. The molecule has 0 saturated carbocycles. The molecule has 1 aliphatic rings. The predicted octanol–water partition coefficient (Wildman–Crippen LogP) is 3.89. The number of hydroxylamine groups is 2. The quantitative estimate of drug-likeness (QED) is 0.657. The number of furan rings is 1. The number of primary amides is 1. The van der Waals surface area contributed by atoms with Crippen molar-refractivity contribution in [1.29, 1.82) is 0 Å². The van der Waals surface area contributed by atoms with Crippen LogP contribution in [-0.2, 0) is 0 Å². The number of nitrogens with two attached hydrogens (primary N) is 1. The minimum Gasteiger partial charge on any atom is -0.450 e. The summed E-state index contributed by atoms with van der Waals surface area (Å²) in [7, 11) is 0. The van der Waals surface area contributed by atoms with Crippen LogP contribution < -0.4 is 5.73 Å². The first-order valence-corrected chi connectivity index (χ1v) is 7.86. The first kappa shape index (κ1) is 15.6. The van der Waals surface area contributed by atoms with E-state index < -0.39 is 12.1 Å². The van der Waals surface area contributed by atoms with Crippen LogP contribution in [0.4, 0.5) is 9.18 Å². The maximum atomic E-state index is 12.9. The van der Waals surface area contributed by atoms with Crippen molar-refractivity contribution < 1.29 is 18.8 Å². The summed E-state index contributed by atoms with van der Waals surface area (Å²) in [5.74, 6) is 0.412. The number of hydrogen-bond donors (Lipinski definition) is 2. The lowest BCUT2D eigenvalue weighted by Gasteiger charge is -2.17. The van der Waals surface area contributed by atoms with Gasteiger partial charge in [-0.2, -0.15) is 5.06 Å². The highest BCUT2D eigenvalue weighted by Gasteiger charge is 2.25. The lowest BCUT2D eigenvalue weighted by Crippen LogP contribution is -2.39. The van der Waals surface area contributed by atoms with E-state index in [1.165, 1.54) is 23.9 Å². The van der Waals surface area contributed by atoms with Crippen molar-refractivity contribution in [2.24, 2.45) is 5.73 Å². The zero-order valence-electron chi connectivity index (χ0n) is 12.1. The number of nitrogens with zero attached hydrogens (tertiary/aromatic N) is 1. The maximum absolute atomic E-state index is 12.9. The van der Waals surface area contributed by atoms with Crippen molar-refractivity contribution in [3.8, 4) is 0 Å². The molecule has 1 aliphatic carbocycles. The SMILES string of the molecule is NC(=O)N(O)C1C=C(c2ccc(Sc3ccc(F)cc3)o2)CC1. The third-order valence-corrected chi connectivity index (χ3v) is 4.50. The molecule has 1 aromatic carbocycles. The van der Waals surface area contributed by atoms with Crippen molar-refractivity contribution >= 4 is 23.4 Å². The van der Waals surface area contributed by atoms with Gasteiger partial charge in [-0.25, -0.2) is 9.18 Å². The van der Waals surface area contributed by atoms with Crippen LogP contribution in [-0.4, -0.2) is 22.3 Å². The molecule has 1 unspecified atom stereocenters. The summed E-state index contributed by atoms with van der Waals surface area (Å²) in [5, 5.41) is 10.8. The van der Waals surface area contributed by atoms with Crippen molar-refractivity contribution in [3.05, 3.63) is 54.1 Å². The van der Waals surface area contributed by atoms with E-state index in [-0.39, 0.29) is 5.82 Å². The van der Waals surface area contributed by atoms with Crippen molar-refractivity contribution in [1.82, 2.24) is 5.06 Å².